The van der Waals surface area contributed by atoms with Crippen molar-refractivity contribution in [1.82, 2.24) is 5.32 Å². The Morgan fingerprint density at radius 1 is 1.14 bits per heavy atom. The molecular formula is C18H27NO2. The molecule has 0 radical (unpaired) electrons. The number of fused-ring (bicyclic) bond motifs is 1. The Bertz CT molecular complexity index is 427. The molecule has 1 aromatic rings. The zero-order valence-corrected chi connectivity index (χ0v) is 13.2. The largest absolute Gasteiger partial charge is 0.491 e. The molecule has 1 N–H and O–H groups in total. The van der Waals surface area contributed by atoms with E-state index in [2.05, 4.69) is 29.6 Å². The van der Waals surface area contributed by atoms with Crippen molar-refractivity contribution in [1.29, 1.82) is 0 Å². The van der Waals surface area contributed by atoms with Crippen LogP contribution in [0.1, 0.15) is 51.2 Å². The van der Waals surface area contributed by atoms with Crippen LogP contribution in [0, 0.1) is 5.92 Å². The van der Waals surface area contributed by atoms with Crippen LogP contribution >= 0.6 is 0 Å². The van der Waals surface area contributed by atoms with Gasteiger partial charge < -0.3 is 14.8 Å². The van der Waals surface area contributed by atoms with Gasteiger partial charge in [0.25, 0.3) is 0 Å². The van der Waals surface area contributed by atoms with Crippen molar-refractivity contribution >= 4 is 0 Å². The summed E-state index contributed by atoms with van der Waals surface area (Å²) in [4.78, 5) is 0. The number of rotatable bonds is 3. The molecule has 1 aliphatic heterocycles. The van der Waals surface area contributed by atoms with Gasteiger partial charge in [0.05, 0.1) is 18.8 Å². The Kier molecular flexibility index (Phi) is 4.81. The maximum absolute atomic E-state index is 6.18. The molecule has 1 heterocycles. The van der Waals surface area contributed by atoms with Gasteiger partial charge in [-0.15, -0.1) is 0 Å². The van der Waals surface area contributed by atoms with Crippen molar-refractivity contribution in [3.8, 4) is 5.75 Å². The molecule has 1 saturated heterocycles. The Morgan fingerprint density at radius 3 is 2.67 bits per heavy atom. The lowest BCUT2D eigenvalue weighted by Crippen LogP contribution is -2.38. The van der Waals surface area contributed by atoms with Crippen molar-refractivity contribution in [2.45, 2.75) is 57.8 Å². The molecule has 0 aromatic heterocycles. The highest BCUT2D eigenvalue weighted by molar-refractivity contribution is 5.29. The molecule has 116 valence electrons. The molecule has 0 bridgehead atoms. The van der Waals surface area contributed by atoms with E-state index in [9.17, 15) is 0 Å². The summed E-state index contributed by atoms with van der Waals surface area (Å²) >= 11 is 0. The number of benzene rings is 1. The summed E-state index contributed by atoms with van der Waals surface area (Å²) in [5.74, 6) is 1.64. The summed E-state index contributed by atoms with van der Waals surface area (Å²) in [5, 5.41) is 3.72. The minimum Gasteiger partial charge on any atom is -0.491 e. The summed E-state index contributed by atoms with van der Waals surface area (Å²) in [6.45, 7) is 5.92. The first-order chi connectivity index (χ1) is 10.2. The Balaban J connectivity index is 1.63. The van der Waals surface area contributed by atoms with Gasteiger partial charge in [0.15, 0.2) is 0 Å². The van der Waals surface area contributed by atoms with Crippen molar-refractivity contribution in [2.24, 2.45) is 5.92 Å². The lowest BCUT2D eigenvalue weighted by molar-refractivity contribution is 0.0401. The van der Waals surface area contributed by atoms with Crippen LogP contribution in [0.15, 0.2) is 24.3 Å². The van der Waals surface area contributed by atoms with Gasteiger partial charge in [-0.2, -0.15) is 0 Å². The minimum atomic E-state index is 0.170. The van der Waals surface area contributed by atoms with E-state index >= 15 is 0 Å². The summed E-state index contributed by atoms with van der Waals surface area (Å²) in [6.07, 6.45) is 5.73. The zero-order valence-electron chi connectivity index (χ0n) is 13.2. The Hall–Kier alpha value is -1.06. The van der Waals surface area contributed by atoms with E-state index in [4.69, 9.17) is 9.47 Å². The molecule has 3 heteroatoms. The predicted molar refractivity (Wildman–Crippen MR) is 84.6 cm³/mol. The van der Waals surface area contributed by atoms with Crippen molar-refractivity contribution in [3.05, 3.63) is 29.8 Å². The fourth-order valence-corrected chi connectivity index (χ4v) is 3.48. The van der Waals surface area contributed by atoms with Crippen molar-refractivity contribution < 1.29 is 9.47 Å². The van der Waals surface area contributed by atoms with Crippen LogP contribution in [0.3, 0.4) is 0 Å². The molecule has 1 aliphatic carbocycles. The van der Waals surface area contributed by atoms with E-state index in [0.717, 1.165) is 18.9 Å². The third-order valence-corrected chi connectivity index (χ3v) is 4.61. The van der Waals surface area contributed by atoms with Crippen LogP contribution in [0.5, 0.6) is 5.75 Å². The first-order valence-corrected chi connectivity index (χ1v) is 8.34. The van der Waals surface area contributed by atoms with Crippen molar-refractivity contribution in [3.63, 3.8) is 0 Å². The van der Waals surface area contributed by atoms with Crippen LogP contribution in [-0.2, 0) is 4.74 Å². The molecule has 1 aromatic carbocycles. The molecule has 3 nitrogen and oxygen atoms in total. The molecule has 3 rings (SSSR count). The molecule has 1 saturated carbocycles. The molecule has 0 spiro atoms. The number of hydrogen-bond donors (Lipinski definition) is 1. The molecule has 3 unspecified atom stereocenters. The molecule has 2 aliphatic rings. The Labute approximate surface area is 128 Å². The van der Waals surface area contributed by atoms with E-state index in [0.29, 0.717) is 12.0 Å². The number of ether oxygens (including phenoxy) is 2. The maximum Gasteiger partial charge on any atom is 0.119 e. The first-order valence-electron chi connectivity index (χ1n) is 8.34. The smallest absolute Gasteiger partial charge is 0.119 e. The SMILES string of the molecule is CC(C)Oc1ccc(C2CNC3CCCCC3CO2)cc1. The fourth-order valence-electron chi connectivity index (χ4n) is 3.48. The quantitative estimate of drug-likeness (QED) is 0.920. The number of hydrogen-bond acceptors (Lipinski definition) is 3. The third kappa shape index (κ3) is 3.78. The van der Waals surface area contributed by atoms with Gasteiger partial charge in [-0.25, -0.2) is 0 Å². The van der Waals surface area contributed by atoms with Gasteiger partial charge in [-0.1, -0.05) is 25.0 Å². The summed E-state index contributed by atoms with van der Waals surface area (Å²) < 4.78 is 11.9. The van der Waals surface area contributed by atoms with Crippen LogP contribution in [-0.4, -0.2) is 25.3 Å². The van der Waals surface area contributed by atoms with Gasteiger partial charge in [-0.05, 0) is 50.3 Å². The highest BCUT2D eigenvalue weighted by Crippen LogP contribution is 2.30. The maximum atomic E-state index is 6.18. The standard InChI is InChI=1S/C18H27NO2/c1-13(2)21-16-9-7-14(8-10-16)18-11-19-17-6-4-3-5-15(17)12-20-18/h7-10,13,15,17-19H,3-6,11-12H2,1-2H3. The summed E-state index contributed by atoms with van der Waals surface area (Å²) in [5.41, 5.74) is 1.25. The topological polar surface area (TPSA) is 30.5 Å². The molecule has 3 atom stereocenters. The van der Waals surface area contributed by atoms with Crippen LogP contribution in [0.4, 0.5) is 0 Å². The zero-order chi connectivity index (χ0) is 14.7. The van der Waals surface area contributed by atoms with E-state index in [1.807, 2.05) is 13.8 Å². The van der Waals surface area contributed by atoms with Crippen LogP contribution < -0.4 is 10.1 Å². The van der Waals surface area contributed by atoms with Gasteiger partial charge >= 0.3 is 0 Å². The first kappa shape index (κ1) is 14.9. The second kappa shape index (κ2) is 6.80. The molecule has 21 heavy (non-hydrogen) atoms. The van der Waals surface area contributed by atoms with E-state index in [-0.39, 0.29) is 12.2 Å². The second-order valence-corrected chi connectivity index (χ2v) is 6.62. The summed E-state index contributed by atoms with van der Waals surface area (Å²) in [6, 6.07) is 9.04. The van der Waals surface area contributed by atoms with Gasteiger partial charge in [0, 0.05) is 12.6 Å². The van der Waals surface area contributed by atoms with Crippen LogP contribution in [0.2, 0.25) is 0 Å². The van der Waals surface area contributed by atoms with Gasteiger partial charge in [0.2, 0.25) is 0 Å². The average Bonchev–Trinajstić information content (AvgIpc) is 2.70. The second-order valence-electron chi connectivity index (χ2n) is 6.62. The normalized spacial score (nSPS) is 29.8. The van der Waals surface area contributed by atoms with E-state index < -0.39 is 0 Å². The van der Waals surface area contributed by atoms with Crippen molar-refractivity contribution in [2.75, 3.05) is 13.2 Å². The highest BCUT2D eigenvalue weighted by Gasteiger charge is 2.29. The molecule has 2 fully saturated rings. The average molecular weight is 289 g/mol. The third-order valence-electron chi connectivity index (χ3n) is 4.61. The minimum absolute atomic E-state index is 0.170. The predicted octanol–water partition coefficient (Wildman–Crippen LogP) is 3.69. The van der Waals surface area contributed by atoms with E-state index in [1.54, 1.807) is 0 Å². The molecule has 0 amide bonds. The van der Waals surface area contributed by atoms with Gasteiger partial charge in [0.1, 0.15) is 5.75 Å². The Morgan fingerprint density at radius 2 is 1.90 bits per heavy atom. The molecular weight excluding hydrogens is 262 g/mol. The summed E-state index contributed by atoms with van der Waals surface area (Å²) in [7, 11) is 0. The monoisotopic (exact) mass is 289 g/mol. The van der Waals surface area contributed by atoms with Gasteiger partial charge in [-0.3, -0.25) is 0 Å². The fraction of sp³-hybridized carbons (Fsp3) is 0.667. The lowest BCUT2D eigenvalue weighted by atomic mass is 9.85. The van der Waals surface area contributed by atoms with Crippen LogP contribution in [0.25, 0.3) is 0 Å². The highest BCUT2D eigenvalue weighted by atomic mass is 16.5. The lowest BCUT2D eigenvalue weighted by Gasteiger charge is -2.29. The van der Waals surface area contributed by atoms with E-state index in [1.165, 1.54) is 31.2 Å². The number of nitrogens with one attached hydrogen (secondary N) is 1.